The first kappa shape index (κ1) is 23.9. The number of hydrogen-bond acceptors (Lipinski definition) is 8. The fourth-order valence-corrected chi connectivity index (χ4v) is 6.12. The molecule has 0 radical (unpaired) electrons. The summed E-state index contributed by atoms with van der Waals surface area (Å²) < 4.78 is 61.2. The van der Waals surface area contributed by atoms with Crippen LogP contribution in [0.25, 0.3) is 22.2 Å². The molecular weight excluding hydrogens is 478 g/mol. The van der Waals surface area contributed by atoms with E-state index in [2.05, 4.69) is 20.3 Å². The van der Waals surface area contributed by atoms with E-state index in [-0.39, 0.29) is 48.0 Å². The molecule has 0 bridgehead atoms. The second kappa shape index (κ2) is 9.34. The van der Waals surface area contributed by atoms with Crippen LogP contribution in [-0.2, 0) is 14.8 Å². The van der Waals surface area contributed by atoms with Crippen LogP contribution in [0.1, 0.15) is 31.4 Å². The molecule has 9 nitrogen and oxygen atoms in total. The van der Waals surface area contributed by atoms with Gasteiger partial charge in [0.2, 0.25) is 16.0 Å². The van der Waals surface area contributed by atoms with Crippen LogP contribution in [0, 0.1) is 11.6 Å². The van der Waals surface area contributed by atoms with Gasteiger partial charge in [-0.1, -0.05) is 0 Å². The van der Waals surface area contributed by atoms with Crippen molar-refractivity contribution in [3.8, 4) is 11.3 Å². The van der Waals surface area contributed by atoms with Crippen LogP contribution < -0.4 is 11.1 Å². The number of hydrogen-bond donors (Lipinski definition) is 2. The Labute approximate surface area is 201 Å². The first-order chi connectivity index (χ1) is 16.7. The van der Waals surface area contributed by atoms with Crippen molar-refractivity contribution in [1.29, 1.82) is 0 Å². The molecule has 4 heterocycles. The van der Waals surface area contributed by atoms with Gasteiger partial charge in [0.1, 0.15) is 22.3 Å². The molecule has 5 rings (SSSR count). The van der Waals surface area contributed by atoms with Crippen LogP contribution in [0.3, 0.4) is 0 Å². The Morgan fingerprint density at radius 3 is 2.57 bits per heavy atom. The van der Waals surface area contributed by atoms with Gasteiger partial charge in [-0.2, -0.15) is 0 Å². The molecule has 3 N–H and O–H groups in total. The molecule has 1 aromatic carbocycles. The highest BCUT2D eigenvalue weighted by molar-refractivity contribution is 7.89. The topological polar surface area (TPSA) is 123 Å². The van der Waals surface area contributed by atoms with Crippen molar-refractivity contribution < 1.29 is 21.9 Å². The number of pyridine rings is 1. The van der Waals surface area contributed by atoms with Crippen molar-refractivity contribution >= 4 is 26.9 Å². The van der Waals surface area contributed by atoms with Gasteiger partial charge in [0.05, 0.1) is 19.4 Å². The molecule has 0 amide bonds. The van der Waals surface area contributed by atoms with Gasteiger partial charge < -0.3 is 15.8 Å². The van der Waals surface area contributed by atoms with E-state index in [0.29, 0.717) is 36.9 Å². The van der Waals surface area contributed by atoms with E-state index < -0.39 is 26.9 Å². The summed E-state index contributed by atoms with van der Waals surface area (Å²) in [7, 11) is -3.35. The fourth-order valence-electron chi connectivity index (χ4n) is 4.44. The van der Waals surface area contributed by atoms with Crippen LogP contribution in [0.5, 0.6) is 0 Å². The number of rotatable bonds is 6. The molecule has 0 spiro atoms. The van der Waals surface area contributed by atoms with E-state index in [1.54, 1.807) is 19.1 Å². The van der Waals surface area contributed by atoms with E-state index in [1.807, 2.05) is 0 Å². The molecule has 0 saturated carbocycles. The zero-order chi connectivity index (χ0) is 24.7. The second-order valence-corrected chi connectivity index (χ2v) is 11.2. The van der Waals surface area contributed by atoms with Crippen molar-refractivity contribution in [3.05, 3.63) is 47.8 Å². The number of nitrogens with two attached hydrogens (primary N) is 1. The minimum Gasteiger partial charge on any atom is -0.378 e. The molecule has 35 heavy (non-hydrogen) atoms. The van der Waals surface area contributed by atoms with Gasteiger partial charge >= 0.3 is 0 Å². The van der Waals surface area contributed by atoms with Crippen molar-refractivity contribution in [2.24, 2.45) is 5.73 Å². The number of piperidine rings is 1. The fraction of sp³-hybridized carbons (Fsp3) is 0.435. The van der Waals surface area contributed by atoms with E-state index in [4.69, 9.17) is 10.5 Å². The molecule has 12 heteroatoms. The highest BCUT2D eigenvalue weighted by atomic mass is 32.2. The summed E-state index contributed by atoms with van der Waals surface area (Å²) in [5.74, 6) is -1.10. The number of nitrogens with one attached hydrogen (secondary N) is 1. The lowest BCUT2D eigenvalue weighted by molar-refractivity contribution is 0.0388. The van der Waals surface area contributed by atoms with Crippen LogP contribution in [0.15, 0.2) is 30.6 Å². The smallest absolute Gasteiger partial charge is 0.223 e. The number of halogens is 2. The van der Waals surface area contributed by atoms with Gasteiger partial charge in [0.15, 0.2) is 5.82 Å². The SMILES string of the molecule is CC(N)c1ccnc2c(F)cc(-c3nc(NC4CCN(S(=O)(=O)C5COC5)CC4)ncc3F)cc12. The molecule has 2 aromatic heterocycles. The van der Waals surface area contributed by atoms with Gasteiger partial charge in [0, 0.05) is 42.3 Å². The van der Waals surface area contributed by atoms with Gasteiger partial charge in [-0.3, -0.25) is 4.98 Å². The summed E-state index contributed by atoms with van der Waals surface area (Å²) in [6.07, 6.45) is 3.64. The molecule has 186 valence electrons. The average molecular weight is 505 g/mol. The lowest BCUT2D eigenvalue weighted by atomic mass is 10.00. The van der Waals surface area contributed by atoms with Gasteiger partial charge in [-0.05, 0) is 43.5 Å². The summed E-state index contributed by atoms with van der Waals surface area (Å²) in [4.78, 5) is 12.4. The predicted molar refractivity (Wildman–Crippen MR) is 127 cm³/mol. The number of sulfonamides is 1. The number of anilines is 1. The minimum absolute atomic E-state index is 0.0484. The predicted octanol–water partition coefficient (Wildman–Crippen LogP) is 2.59. The summed E-state index contributed by atoms with van der Waals surface area (Å²) in [5.41, 5.74) is 7.08. The van der Waals surface area contributed by atoms with E-state index in [1.165, 1.54) is 16.6 Å². The maximum Gasteiger partial charge on any atom is 0.223 e. The summed E-state index contributed by atoms with van der Waals surface area (Å²) in [5, 5.41) is 3.20. The largest absolute Gasteiger partial charge is 0.378 e. The monoisotopic (exact) mass is 504 g/mol. The quantitative estimate of drug-likeness (QED) is 0.525. The average Bonchev–Trinajstić information content (AvgIpc) is 2.79. The van der Waals surface area contributed by atoms with E-state index >= 15 is 0 Å². The second-order valence-electron chi connectivity index (χ2n) is 8.96. The highest BCUT2D eigenvalue weighted by Crippen LogP contribution is 2.31. The zero-order valence-electron chi connectivity index (χ0n) is 19.1. The van der Waals surface area contributed by atoms with Crippen LogP contribution in [0.4, 0.5) is 14.7 Å². The standard InChI is InChI=1S/C23H26F2N6O3S/c1-13(26)17-2-5-27-22-18(17)8-14(9-19(22)24)21-20(25)10-28-23(30-21)29-15-3-6-31(7-4-15)35(32,33)16-11-34-12-16/h2,5,8-10,13,15-16H,3-4,6-7,11-12,26H2,1H3,(H,28,29,30). The Balaban J connectivity index is 1.36. The number of benzene rings is 1. The molecule has 1 unspecified atom stereocenters. The van der Waals surface area contributed by atoms with Crippen molar-refractivity contribution in [2.75, 3.05) is 31.6 Å². The third-order valence-corrected chi connectivity index (χ3v) is 8.72. The summed E-state index contributed by atoms with van der Waals surface area (Å²) >= 11 is 0. The van der Waals surface area contributed by atoms with Crippen molar-refractivity contribution in [1.82, 2.24) is 19.3 Å². The molecule has 2 aliphatic rings. The lowest BCUT2D eigenvalue weighted by Gasteiger charge is -2.36. The first-order valence-corrected chi connectivity index (χ1v) is 12.9. The molecule has 3 aromatic rings. The molecule has 0 aliphatic carbocycles. The maximum absolute atomic E-state index is 14.9. The van der Waals surface area contributed by atoms with Gasteiger partial charge in [-0.15, -0.1) is 0 Å². The minimum atomic E-state index is -3.35. The third-order valence-electron chi connectivity index (χ3n) is 6.52. The lowest BCUT2D eigenvalue weighted by Crippen LogP contribution is -2.52. The Kier molecular flexibility index (Phi) is 6.38. The molecule has 1 atom stereocenters. The number of fused-ring (bicyclic) bond motifs is 1. The van der Waals surface area contributed by atoms with Crippen LogP contribution >= 0.6 is 0 Å². The van der Waals surface area contributed by atoms with E-state index in [0.717, 1.165) is 6.20 Å². The Morgan fingerprint density at radius 1 is 1.17 bits per heavy atom. The first-order valence-electron chi connectivity index (χ1n) is 11.4. The Morgan fingerprint density at radius 2 is 1.91 bits per heavy atom. The summed E-state index contributed by atoms with van der Waals surface area (Å²) in [6.45, 7) is 3.00. The molecule has 2 aliphatic heterocycles. The maximum atomic E-state index is 14.9. The Bertz CT molecular complexity index is 1360. The summed E-state index contributed by atoms with van der Waals surface area (Å²) in [6, 6.07) is 4.09. The normalized spacial score (nSPS) is 19.0. The van der Waals surface area contributed by atoms with Crippen LogP contribution in [-0.4, -0.2) is 65.3 Å². The molecule has 2 saturated heterocycles. The third kappa shape index (κ3) is 4.58. The van der Waals surface area contributed by atoms with Crippen LogP contribution in [0.2, 0.25) is 0 Å². The number of ether oxygens (including phenoxy) is 1. The number of nitrogens with zero attached hydrogens (tertiary/aromatic N) is 4. The molecule has 2 fully saturated rings. The van der Waals surface area contributed by atoms with Gasteiger partial charge in [0.25, 0.3) is 0 Å². The Hall–Kier alpha value is -2.80. The van der Waals surface area contributed by atoms with Crippen molar-refractivity contribution in [3.63, 3.8) is 0 Å². The number of aromatic nitrogens is 3. The zero-order valence-corrected chi connectivity index (χ0v) is 19.9. The highest BCUT2D eigenvalue weighted by Gasteiger charge is 2.38. The van der Waals surface area contributed by atoms with Gasteiger partial charge in [-0.25, -0.2) is 31.5 Å². The van der Waals surface area contributed by atoms with E-state index in [9.17, 15) is 17.2 Å². The molecular formula is C23H26F2N6O3S. The van der Waals surface area contributed by atoms with Crippen molar-refractivity contribution in [2.45, 2.75) is 37.1 Å².